The van der Waals surface area contributed by atoms with E-state index < -0.39 is 0 Å². The van der Waals surface area contributed by atoms with Gasteiger partial charge in [-0.25, -0.2) is 0 Å². The van der Waals surface area contributed by atoms with E-state index >= 15 is 0 Å². The SMILES string of the molecule is CCc1ccsc1CNCC1(CN)CCCCCC1. The summed E-state index contributed by atoms with van der Waals surface area (Å²) in [6.45, 7) is 5.18. The predicted octanol–water partition coefficient (Wildman–Crippen LogP) is 3.70. The molecule has 0 saturated heterocycles. The summed E-state index contributed by atoms with van der Waals surface area (Å²) in [6.07, 6.45) is 9.27. The lowest BCUT2D eigenvalue weighted by molar-refractivity contribution is 0.242. The molecule has 1 aliphatic carbocycles. The molecular formula is C16H28N2S. The lowest BCUT2D eigenvalue weighted by Gasteiger charge is -2.31. The average Bonchev–Trinajstić information content (AvgIpc) is 2.76. The van der Waals surface area contributed by atoms with Crippen molar-refractivity contribution in [2.75, 3.05) is 13.1 Å². The zero-order chi connectivity index (χ0) is 13.6. The number of hydrogen-bond donors (Lipinski definition) is 2. The summed E-state index contributed by atoms with van der Waals surface area (Å²) < 4.78 is 0. The number of nitrogens with two attached hydrogens (primary N) is 1. The van der Waals surface area contributed by atoms with Gasteiger partial charge in [0, 0.05) is 18.0 Å². The van der Waals surface area contributed by atoms with E-state index in [4.69, 9.17) is 5.73 Å². The number of hydrogen-bond acceptors (Lipinski definition) is 3. The van der Waals surface area contributed by atoms with E-state index in [0.717, 1.165) is 26.1 Å². The molecule has 1 aromatic rings. The molecule has 0 unspecified atom stereocenters. The number of nitrogens with one attached hydrogen (secondary N) is 1. The first-order valence-electron chi connectivity index (χ1n) is 7.76. The van der Waals surface area contributed by atoms with Crippen LogP contribution in [0.5, 0.6) is 0 Å². The second-order valence-corrected chi connectivity index (χ2v) is 6.95. The lowest BCUT2D eigenvalue weighted by atomic mass is 9.80. The van der Waals surface area contributed by atoms with E-state index in [1.807, 2.05) is 11.3 Å². The van der Waals surface area contributed by atoms with Crippen LogP contribution in [-0.4, -0.2) is 13.1 Å². The normalized spacial score (nSPS) is 19.3. The van der Waals surface area contributed by atoms with Crippen LogP contribution in [0.15, 0.2) is 11.4 Å². The van der Waals surface area contributed by atoms with Crippen LogP contribution in [0.2, 0.25) is 0 Å². The van der Waals surface area contributed by atoms with Gasteiger partial charge in [0.05, 0.1) is 0 Å². The van der Waals surface area contributed by atoms with Crippen molar-refractivity contribution < 1.29 is 0 Å². The van der Waals surface area contributed by atoms with Crippen molar-refractivity contribution in [1.82, 2.24) is 5.32 Å². The largest absolute Gasteiger partial charge is 0.330 e. The summed E-state index contributed by atoms with van der Waals surface area (Å²) >= 11 is 1.88. The molecule has 2 rings (SSSR count). The van der Waals surface area contributed by atoms with Gasteiger partial charge in [-0.1, -0.05) is 32.6 Å². The highest BCUT2D eigenvalue weighted by Gasteiger charge is 2.28. The van der Waals surface area contributed by atoms with Crippen molar-refractivity contribution in [3.63, 3.8) is 0 Å². The Bertz CT molecular complexity index is 365. The van der Waals surface area contributed by atoms with Crippen LogP contribution >= 0.6 is 11.3 Å². The molecule has 3 N–H and O–H groups in total. The Morgan fingerprint density at radius 3 is 2.63 bits per heavy atom. The van der Waals surface area contributed by atoms with Gasteiger partial charge in [0.25, 0.3) is 0 Å². The Kier molecular flexibility index (Phi) is 5.86. The molecule has 1 aliphatic rings. The van der Waals surface area contributed by atoms with E-state index in [1.54, 1.807) is 0 Å². The van der Waals surface area contributed by atoms with Crippen molar-refractivity contribution in [3.05, 3.63) is 21.9 Å². The molecule has 1 aromatic heterocycles. The fourth-order valence-corrected chi connectivity index (χ4v) is 4.16. The van der Waals surface area contributed by atoms with Gasteiger partial charge in [0.1, 0.15) is 0 Å². The molecule has 0 bridgehead atoms. The van der Waals surface area contributed by atoms with Gasteiger partial charge in [-0.05, 0) is 48.2 Å². The zero-order valence-corrected chi connectivity index (χ0v) is 13.0. The molecule has 0 radical (unpaired) electrons. The molecule has 1 fully saturated rings. The van der Waals surface area contributed by atoms with E-state index in [2.05, 4.69) is 23.7 Å². The third-order valence-corrected chi connectivity index (χ3v) is 5.56. The van der Waals surface area contributed by atoms with Crippen LogP contribution in [-0.2, 0) is 13.0 Å². The fraction of sp³-hybridized carbons (Fsp3) is 0.750. The average molecular weight is 280 g/mol. The van der Waals surface area contributed by atoms with E-state index in [0.29, 0.717) is 5.41 Å². The standard InChI is InChI=1S/C16H28N2S/c1-2-14-7-10-19-15(14)11-18-13-16(12-17)8-5-3-4-6-9-16/h7,10,18H,2-6,8-9,11-13,17H2,1H3. The Morgan fingerprint density at radius 1 is 1.26 bits per heavy atom. The minimum Gasteiger partial charge on any atom is -0.330 e. The molecule has 2 nitrogen and oxygen atoms in total. The summed E-state index contributed by atoms with van der Waals surface area (Å²) in [4.78, 5) is 1.50. The molecule has 0 aromatic carbocycles. The Hall–Kier alpha value is -0.380. The molecule has 1 heterocycles. The minimum atomic E-state index is 0.361. The van der Waals surface area contributed by atoms with Crippen LogP contribution in [0.4, 0.5) is 0 Å². The molecule has 0 atom stereocenters. The van der Waals surface area contributed by atoms with Crippen LogP contribution in [0, 0.1) is 5.41 Å². The molecule has 0 spiro atoms. The summed E-state index contributed by atoms with van der Waals surface area (Å²) in [5.41, 5.74) is 7.95. The molecule has 0 aliphatic heterocycles. The monoisotopic (exact) mass is 280 g/mol. The lowest BCUT2D eigenvalue weighted by Crippen LogP contribution is -2.39. The van der Waals surface area contributed by atoms with Crippen LogP contribution in [0.3, 0.4) is 0 Å². The first kappa shape index (κ1) is 15.0. The van der Waals surface area contributed by atoms with Crippen LogP contribution < -0.4 is 11.1 Å². The smallest absolute Gasteiger partial charge is 0.0302 e. The van der Waals surface area contributed by atoms with Crippen molar-refractivity contribution in [3.8, 4) is 0 Å². The molecule has 19 heavy (non-hydrogen) atoms. The summed E-state index contributed by atoms with van der Waals surface area (Å²) in [6, 6.07) is 2.26. The van der Waals surface area contributed by atoms with Gasteiger partial charge in [-0.2, -0.15) is 0 Å². The second-order valence-electron chi connectivity index (χ2n) is 5.94. The van der Waals surface area contributed by atoms with Crippen molar-refractivity contribution in [2.24, 2.45) is 11.1 Å². The summed E-state index contributed by atoms with van der Waals surface area (Å²) in [7, 11) is 0. The molecule has 3 heteroatoms. The fourth-order valence-electron chi connectivity index (χ4n) is 3.21. The molecule has 1 saturated carbocycles. The third kappa shape index (κ3) is 4.04. The van der Waals surface area contributed by atoms with Crippen molar-refractivity contribution in [2.45, 2.75) is 58.4 Å². The van der Waals surface area contributed by atoms with Crippen LogP contribution in [0.25, 0.3) is 0 Å². The van der Waals surface area contributed by atoms with Crippen molar-refractivity contribution in [1.29, 1.82) is 0 Å². The number of rotatable bonds is 6. The molecule has 108 valence electrons. The molecular weight excluding hydrogens is 252 g/mol. The maximum absolute atomic E-state index is 6.09. The Labute approximate surface area is 121 Å². The van der Waals surface area contributed by atoms with E-state index in [-0.39, 0.29) is 0 Å². The van der Waals surface area contributed by atoms with Gasteiger partial charge in [0.2, 0.25) is 0 Å². The Morgan fingerprint density at radius 2 is 2.00 bits per heavy atom. The van der Waals surface area contributed by atoms with E-state index in [9.17, 15) is 0 Å². The highest BCUT2D eigenvalue weighted by molar-refractivity contribution is 7.10. The highest BCUT2D eigenvalue weighted by atomic mass is 32.1. The topological polar surface area (TPSA) is 38.0 Å². The van der Waals surface area contributed by atoms with Crippen LogP contribution in [0.1, 0.15) is 55.9 Å². The third-order valence-electron chi connectivity index (χ3n) is 4.60. The zero-order valence-electron chi connectivity index (χ0n) is 12.2. The first-order chi connectivity index (χ1) is 9.29. The van der Waals surface area contributed by atoms with E-state index in [1.165, 1.54) is 49.0 Å². The maximum Gasteiger partial charge on any atom is 0.0302 e. The van der Waals surface area contributed by atoms with Gasteiger partial charge < -0.3 is 11.1 Å². The van der Waals surface area contributed by atoms with Gasteiger partial charge >= 0.3 is 0 Å². The summed E-state index contributed by atoms with van der Waals surface area (Å²) in [5, 5.41) is 5.89. The quantitative estimate of drug-likeness (QED) is 0.780. The number of aryl methyl sites for hydroxylation is 1. The first-order valence-corrected chi connectivity index (χ1v) is 8.64. The van der Waals surface area contributed by atoms with Gasteiger partial charge in [0.15, 0.2) is 0 Å². The predicted molar refractivity (Wildman–Crippen MR) is 84.6 cm³/mol. The second kappa shape index (κ2) is 7.41. The van der Waals surface area contributed by atoms with Gasteiger partial charge in [-0.3, -0.25) is 0 Å². The highest BCUT2D eigenvalue weighted by Crippen LogP contribution is 2.33. The summed E-state index contributed by atoms with van der Waals surface area (Å²) in [5.74, 6) is 0. The number of thiophene rings is 1. The minimum absolute atomic E-state index is 0.361. The van der Waals surface area contributed by atoms with Crippen molar-refractivity contribution >= 4 is 11.3 Å². The molecule has 0 amide bonds. The van der Waals surface area contributed by atoms with Gasteiger partial charge in [-0.15, -0.1) is 11.3 Å². The maximum atomic E-state index is 6.09. The Balaban J connectivity index is 1.85.